The highest BCUT2D eigenvalue weighted by atomic mass is 35.5. The van der Waals surface area contributed by atoms with Crippen LogP contribution in [0, 0.1) is 6.92 Å². The van der Waals surface area contributed by atoms with Crippen LogP contribution in [0.15, 0.2) is 53.1 Å². The quantitative estimate of drug-likeness (QED) is 0.453. The molecule has 0 fully saturated rings. The Hall–Kier alpha value is -2.63. The number of benzene rings is 2. The zero-order valence-electron chi connectivity index (χ0n) is 13.7. The number of nitrogens with zero attached hydrogens (tertiary/aromatic N) is 1. The molecule has 0 aliphatic rings. The average Bonchev–Trinajstić information content (AvgIpc) is 3.02. The number of halogens is 2. The zero-order chi connectivity index (χ0) is 18.7. The van der Waals surface area contributed by atoms with E-state index in [1.807, 2.05) is 18.2 Å². The molecule has 0 radical (unpaired) electrons. The Morgan fingerprint density at radius 2 is 1.85 bits per heavy atom. The fourth-order valence-electron chi connectivity index (χ4n) is 2.40. The van der Waals surface area contributed by atoms with Gasteiger partial charge in [-0.1, -0.05) is 58.7 Å². The molecule has 0 saturated heterocycles. The van der Waals surface area contributed by atoms with Crippen molar-refractivity contribution in [3.63, 3.8) is 0 Å². The van der Waals surface area contributed by atoms with E-state index >= 15 is 0 Å². The van der Waals surface area contributed by atoms with Crippen molar-refractivity contribution in [2.75, 3.05) is 6.61 Å². The van der Waals surface area contributed by atoms with Crippen molar-refractivity contribution < 1.29 is 18.8 Å². The van der Waals surface area contributed by atoms with Crippen LogP contribution >= 0.6 is 23.2 Å². The Balaban J connectivity index is 1.77. The number of carbonyl (C=O) groups excluding carboxylic acids is 2. The first-order valence-electron chi connectivity index (χ1n) is 7.64. The highest BCUT2D eigenvalue weighted by molar-refractivity contribution is 6.36. The average molecular weight is 390 g/mol. The summed E-state index contributed by atoms with van der Waals surface area (Å²) in [7, 11) is 0. The molecule has 0 aliphatic heterocycles. The molecule has 0 N–H and O–H groups in total. The highest BCUT2D eigenvalue weighted by Gasteiger charge is 2.24. The molecule has 0 saturated carbocycles. The maximum atomic E-state index is 12.5. The third kappa shape index (κ3) is 3.79. The second-order valence-electron chi connectivity index (χ2n) is 5.45. The van der Waals surface area contributed by atoms with Gasteiger partial charge in [0.05, 0.1) is 5.02 Å². The van der Waals surface area contributed by atoms with E-state index in [0.29, 0.717) is 22.0 Å². The molecule has 2 aromatic carbocycles. The van der Waals surface area contributed by atoms with Crippen LogP contribution in [0.5, 0.6) is 0 Å². The van der Waals surface area contributed by atoms with E-state index in [9.17, 15) is 9.59 Å². The number of rotatable bonds is 5. The van der Waals surface area contributed by atoms with Crippen molar-refractivity contribution in [2.45, 2.75) is 6.92 Å². The molecule has 0 aliphatic carbocycles. The number of hydrogen-bond acceptors (Lipinski definition) is 5. The van der Waals surface area contributed by atoms with Gasteiger partial charge in [0.25, 0.3) is 0 Å². The lowest BCUT2D eigenvalue weighted by atomic mass is 10.1. The van der Waals surface area contributed by atoms with Gasteiger partial charge in [0.2, 0.25) is 5.78 Å². The van der Waals surface area contributed by atoms with E-state index < -0.39 is 18.4 Å². The Morgan fingerprint density at radius 3 is 2.54 bits per heavy atom. The molecule has 0 bridgehead atoms. The van der Waals surface area contributed by atoms with Crippen molar-refractivity contribution in [3.05, 3.63) is 75.5 Å². The van der Waals surface area contributed by atoms with Gasteiger partial charge in [-0.25, -0.2) is 4.79 Å². The second kappa shape index (κ2) is 7.72. The van der Waals surface area contributed by atoms with Gasteiger partial charge in [-0.2, -0.15) is 0 Å². The fraction of sp³-hybridized carbons (Fsp3) is 0.105. The summed E-state index contributed by atoms with van der Waals surface area (Å²) in [5.74, 6) is -0.817. The highest BCUT2D eigenvalue weighted by Crippen LogP contribution is 2.26. The fourth-order valence-corrected chi connectivity index (χ4v) is 2.92. The number of hydrogen-bond donors (Lipinski definition) is 0. The Morgan fingerprint density at radius 1 is 1.12 bits per heavy atom. The lowest BCUT2D eigenvalue weighted by Crippen LogP contribution is -2.15. The molecular formula is C19H13Cl2NO4. The molecule has 7 heteroatoms. The van der Waals surface area contributed by atoms with E-state index in [2.05, 4.69) is 5.16 Å². The molecule has 0 amide bonds. The number of Topliss-reactive ketones (excluding diaryl/α,β-unsaturated/α-hetero) is 1. The summed E-state index contributed by atoms with van der Waals surface area (Å²) in [5.41, 5.74) is 1.49. The molecule has 0 spiro atoms. The van der Waals surface area contributed by atoms with E-state index in [0.717, 1.165) is 0 Å². The summed E-state index contributed by atoms with van der Waals surface area (Å²) in [4.78, 5) is 24.7. The van der Waals surface area contributed by atoms with E-state index in [1.165, 1.54) is 12.1 Å². The molecule has 5 nitrogen and oxygen atoms in total. The van der Waals surface area contributed by atoms with Crippen LogP contribution < -0.4 is 0 Å². The number of aromatic nitrogens is 1. The Labute approximate surface area is 159 Å². The van der Waals surface area contributed by atoms with Gasteiger partial charge in [-0.15, -0.1) is 0 Å². The molecule has 3 rings (SSSR count). The lowest BCUT2D eigenvalue weighted by Gasteiger charge is -2.06. The van der Waals surface area contributed by atoms with Crippen LogP contribution in [-0.4, -0.2) is 23.5 Å². The third-order valence-electron chi connectivity index (χ3n) is 3.68. The van der Waals surface area contributed by atoms with Crippen molar-refractivity contribution in [2.24, 2.45) is 0 Å². The summed E-state index contributed by atoms with van der Waals surface area (Å²) >= 11 is 11.8. The van der Waals surface area contributed by atoms with Gasteiger partial charge in [0.1, 0.15) is 17.0 Å². The summed E-state index contributed by atoms with van der Waals surface area (Å²) in [6.45, 7) is 1.15. The minimum Gasteiger partial charge on any atom is -0.454 e. The predicted molar refractivity (Wildman–Crippen MR) is 97.8 cm³/mol. The van der Waals surface area contributed by atoms with Crippen molar-refractivity contribution in [3.8, 4) is 11.3 Å². The standard InChI is InChI=1S/C19H13Cl2NO4/c1-11-17(18(22-26-11)12-5-3-2-4-6-12)19(24)25-10-16(23)14-8-7-13(20)9-15(14)21/h2-9H,10H2,1H3. The molecule has 0 unspecified atom stereocenters. The molecule has 132 valence electrons. The third-order valence-corrected chi connectivity index (χ3v) is 4.23. The van der Waals surface area contributed by atoms with Gasteiger partial charge in [-0.05, 0) is 25.1 Å². The monoisotopic (exact) mass is 389 g/mol. The van der Waals surface area contributed by atoms with E-state index in [4.69, 9.17) is 32.5 Å². The Kier molecular flexibility index (Phi) is 5.40. The van der Waals surface area contributed by atoms with Crippen LogP contribution in [-0.2, 0) is 4.74 Å². The summed E-state index contributed by atoms with van der Waals surface area (Å²) in [6, 6.07) is 13.6. The number of esters is 1. The Bertz CT molecular complexity index is 967. The number of ether oxygens (including phenoxy) is 1. The molecule has 26 heavy (non-hydrogen) atoms. The van der Waals surface area contributed by atoms with Gasteiger partial charge in [0.15, 0.2) is 6.61 Å². The number of carbonyl (C=O) groups is 2. The van der Waals surface area contributed by atoms with Gasteiger partial charge >= 0.3 is 5.97 Å². The largest absolute Gasteiger partial charge is 0.454 e. The van der Waals surface area contributed by atoms with Crippen LogP contribution in [0.3, 0.4) is 0 Å². The topological polar surface area (TPSA) is 69.4 Å². The molecule has 1 heterocycles. The van der Waals surface area contributed by atoms with E-state index in [-0.39, 0.29) is 16.1 Å². The predicted octanol–water partition coefficient (Wildman–Crippen LogP) is 5.00. The number of ketones is 1. The zero-order valence-corrected chi connectivity index (χ0v) is 15.2. The van der Waals surface area contributed by atoms with Crippen LogP contribution in [0.25, 0.3) is 11.3 Å². The van der Waals surface area contributed by atoms with E-state index in [1.54, 1.807) is 25.1 Å². The first-order chi connectivity index (χ1) is 12.5. The first kappa shape index (κ1) is 18.2. The van der Waals surface area contributed by atoms with Crippen LogP contribution in [0.2, 0.25) is 10.0 Å². The maximum Gasteiger partial charge on any atom is 0.344 e. The van der Waals surface area contributed by atoms with Gasteiger partial charge < -0.3 is 9.26 Å². The second-order valence-corrected chi connectivity index (χ2v) is 6.30. The number of aryl methyl sites for hydroxylation is 1. The molecule has 3 aromatic rings. The summed E-state index contributed by atoms with van der Waals surface area (Å²) in [6.07, 6.45) is 0. The van der Waals surface area contributed by atoms with Gasteiger partial charge in [-0.3, -0.25) is 4.79 Å². The van der Waals surface area contributed by atoms with Crippen molar-refractivity contribution in [1.29, 1.82) is 0 Å². The molecule has 0 atom stereocenters. The van der Waals surface area contributed by atoms with Crippen molar-refractivity contribution >= 4 is 35.0 Å². The van der Waals surface area contributed by atoms with Gasteiger partial charge in [0, 0.05) is 16.1 Å². The van der Waals surface area contributed by atoms with Crippen molar-refractivity contribution in [1.82, 2.24) is 5.16 Å². The normalized spacial score (nSPS) is 10.6. The first-order valence-corrected chi connectivity index (χ1v) is 8.40. The lowest BCUT2D eigenvalue weighted by molar-refractivity contribution is 0.0473. The minimum atomic E-state index is -0.693. The minimum absolute atomic E-state index is 0.186. The maximum absolute atomic E-state index is 12.5. The van der Waals surface area contributed by atoms with Crippen LogP contribution in [0.1, 0.15) is 26.5 Å². The smallest absolute Gasteiger partial charge is 0.344 e. The molecular weight excluding hydrogens is 377 g/mol. The summed E-state index contributed by atoms with van der Waals surface area (Å²) < 4.78 is 10.3. The van der Waals surface area contributed by atoms with Crippen LogP contribution in [0.4, 0.5) is 0 Å². The SMILES string of the molecule is Cc1onc(-c2ccccc2)c1C(=O)OCC(=O)c1ccc(Cl)cc1Cl. The molecule has 1 aromatic heterocycles. The summed E-state index contributed by atoms with van der Waals surface area (Å²) in [5, 5.41) is 4.53.